The highest BCUT2D eigenvalue weighted by Crippen LogP contribution is 2.31. The van der Waals surface area contributed by atoms with Gasteiger partial charge in [-0.3, -0.25) is 4.98 Å². The van der Waals surface area contributed by atoms with Crippen LogP contribution in [0.15, 0.2) is 59.2 Å². The van der Waals surface area contributed by atoms with Crippen LogP contribution in [0.3, 0.4) is 0 Å². The van der Waals surface area contributed by atoms with Crippen LogP contribution in [-0.2, 0) is 0 Å². The van der Waals surface area contributed by atoms with Gasteiger partial charge in [0.25, 0.3) is 0 Å². The monoisotopic (exact) mass is 344 g/mol. The first-order chi connectivity index (χ1) is 10.2. The minimum atomic E-state index is -0.227. The molecule has 1 unspecified atom stereocenters. The fourth-order valence-corrected chi connectivity index (χ4v) is 3.11. The predicted octanol–water partition coefficient (Wildman–Crippen LogP) is 4.45. The van der Waals surface area contributed by atoms with Crippen molar-refractivity contribution in [3.05, 3.63) is 76.1 Å². The molecule has 1 atom stereocenters. The van der Waals surface area contributed by atoms with E-state index in [0.29, 0.717) is 5.56 Å². The van der Waals surface area contributed by atoms with Crippen LogP contribution >= 0.6 is 15.9 Å². The van der Waals surface area contributed by atoms with E-state index in [1.54, 1.807) is 12.3 Å². The third-order valence-corrected chi connectivity index (χ3v) is 4.23. The molecule has 0 spiro atoms. The van der Waals surface area contributed by atoms with E-state index in [1.165, 1.54) is 6.07 Å². The molecule has 0 fully saturated rings. The van der Waals surface area contributed by atoms with Crippen LogP contribution < -0.4 is 5.32 Å². The number of rotatable bonds is 3. The lowest BCUT2D eigenvalue weighted by atomic mass is 9.97. The maximum Gasteiger partial charge on any atom is 0.129 e. The Labute approximate surface area is 131 Å². The Hall–Kier alpha value is -1.78. The van der Waals surface area contributed by atoms with Gasteiger partial charge in [-0.25, -0.2) is 4.39 Å². The number of hydrogen-bond acceptors (Lipinski definition) is 2. The molecule has 3 rings (SSSR count). The Kier molecular flexibility index (Phi) is 3.99. The van der Waals surface area contributed by atoms with Gasteiger partial charge in [0.1, 0.15) is 5.82 Å². The van der Waals surface area contributed by atoms with Gasteiger partial charge in [-0.1, -0.05) is 34.1 Å². The second-order valence-electron chi connectivity index (χ2n) is 4.81. The number of fused-ring (bicyclic) bond motifs is 1. The molecule has 1 aromatic heterocycles. The van der Waals surface area contributed by atoms with E-state index in [2.05, 4.69) is 26.2 Å². The molecule has 4 heteroatoms. The number of hydrogen-bond donors (Lipinski definition) is 1. The van der Waals surface area contributed by atoms with Crippen molar-refractivity contribution in [3.8, 4) is 0 Å². The molecular formula is C17H14BrFN2. The third-order valence-electron chi connectivity index (χ3n) is 3.54. The van der Waals surface area contributed by atoms with Crippen molar-refractivity contribution < 1.29 is 4.39 Å². The van der Waals surface area contributed by atoms with Crippen LogP contribution in [0.1, 0.15) is 17.2 Å². The van der Waals surface area contributed by atoms with Crippen LogP contribution in [-0.4, -0.2) is 12.0 Å². The molecular weight excluding hydrogens is 331 g/mol. The largest absolute Gasteiger partial charge is 0.309 e. The summed E-state index contributed by atoms with van der Waals surface area (Å²) in [6, 6.07) is 14.7. The summed E-state index contributed by atoms with van der Waals surface area (Å²) in [5.74, 6) is -0.227. The van der Waals surface area contributed by atoms with Crippen molar-refractivity contribution in [1.29, 1.82) is 0 Å². The standard InChI is InChI=1S/C17H14BrFN2/c1-20-17(16-13(18)5-2-6-14(16)19)12-7-8-15-11(10-12)4-3-9-21-15/h2-10,17,20H,1H3. The van der Waals surface area contributed by atoms with Crippen LogP contribution in [0.4, 0.5) is 4.39 Å². The summed E-state index contributed by atoms with van der Waals surface area (Å²) in [4.78, 5) is 4.31. The number of nitrogens with one attached hydrogen (secondary N) is 1. The van der Waals surface area contributed by atoms with Crippen LogP contribution in [0, 0.1) is 5.82 Å². The molecule has 0 saturated heterocycles. The first kappa shape index (κ1) is 14.2. The molecule has 106 valence electrons. The zero-order chi connectivity index (χ0) is 14.8. The highest BCUT2D eigenvalue weighted by atomic mass is 79.9. The van der Waals surface area contributed by atoms with Crippen molar-refractivity contribution in [2.45, 2.75) is 6.04 Å². The molecule has 21 heavy (non-hydrogen) atoms. The summed E-state index contributed by atoms with van der Waals surface area (Å²) in [6.07, 6.45) is 1.77. The minimum absolute atomic E-state index is 0.217. The molecule has 2 aromatic carbocycles. The predicted molar refractivity (Wildman–Crippen MR) is 86.7 cm³/mol. The van der Waals surface area contributed by atoms with Gasteiger partial charge >= 0.3 is 0 Å². The lowest BCUT2D eigenvalue weighted by Gasteiger charge is -2.19. The van der Waals surface area contributed by atoms with E-state index in [1.807, 2.05) is 43.4 Å². The topological polar surface area (TPSA) is 24.9 Å². The van der Waals surface area contributed by atoms with Gasteiger partial charge in [-0.2, -0.15) is 0 Å². The summed E-state index contributed by atoms with van der Waals surface area (Å²) in [6.45, 7) is 0. The first-order valence-electron chi connectivity index (χ1n) is 6.66. The van der Waals surface area contributed by atoms with Crippen molar-refractivity contribution in [2.75, 3.05) is 7.05 Å². The molecule has 0 bridgehead atoms. The van der Waals surface area contributed by atoms with Gasteiger partial charge in [-0.05, 0) is 42.9 Å². The fraction of sp³-hybridized carbons (Fsp3) is 0.118. The SMILES string of the molecule is CNC(c1ccc2ncccc2c1)c1c(F)cccc1Br. The van der Waals surface area contributed by atoms with Crippen LogP contribution in [0.2, 0.25) is 0 Å². The Balaban J connectivity index is 2.14. The Bertz CT molecular complexity index is 768. The smallest absolute Gasteiger partial charge is 0.129 e. The zero-order valence-corrected chi connectivity index (χ0v) is 13.1. The number of halogens is 2. The molecule has 0 radical (unpaired) electrons. The highest BCUT2D eigenvalue weighted by Gasteiger charge is 2.19. The molecule has 0 saturated carbocycles. The zero-order valence-electron chi connectivity index (χ0n) is 11.5. The van der Waals surface area contributed by atoms with Gasteiger partial charge in [0.05, 0.1) is 11.6 Å². The molecule has 1 N–H and O–H groups in total. The van der Waals surface area contributed by atoms with Crippen molar-refractivity contribution >= 4 is 26.8 Å². The summed E-state index contributed by atoms with van der Waals surface area (Å²) in [7, 11) is 1.83. The third kappa shape index (κ3) is 2.69. The van der Waals surface area contributed by atoms with E-state index < -0.39 is 0 Å². The number of nitrogens with zero attached hydrogens (tertiary/aromatic N) is 1. The van der Waals surface area contributed by atoms with E-state index in [9.17, 15) is 4.39 Å². The summed E-state index contributed by atoms with van der Waals surface area (Å²) in [5.41, 5.74) is 2.55. The number of pyridine rings is 1. The van der Waals surface area contributed by atoms with Crippen molar-refractivity contribution in [3.63, 3.8) is 0 Å². The maximum atomic E-state index is 14.2. The molecule has 0 aliphatic carbocycles. The molecule has 0 amide bonds. The van der Waals surface area contributed by atoms with Gasteiger partial charge in [0.15, 0.2) is 0 Å². The molecule has 1 heterocycles. The van der Waals surface area contributed by atoms with Gasteiger partial charge in [-0.15, -0.1) is 0 Å². The Morgan fingerprint density at radius 3 is 2.76 bits per heavy atom. The van der Waals surface area contributed by atoms with E-state index in [0.717, 1.165) is 20.9 Å². The normalized spacial score (nSPS) is 12.5. The quantitative estimate of drug-likeness (QED) is 0.759. The molecule has 3 aromatic rings. The number of aromatic nitrogens is 1. The van der Waals surface area contributed by atoms with Crippen LogP contribution in [0.5, 0.6) is 0 Å². The number of benzene rings is 2. The molecule has 2 nitrogen and oxygen atoms in total. The van der Waals surface area contributed by atoms with Gasteiger partial charge in [0, 0.05) is 21.6 Å². The second kappa shape index (κ2) is 5.92. The lowest BCUT2D eigenvalue weighted by molar-refractivity contribution is 0.574. The Morgan fingerprint density at radius 1 is 1.14 bits per heavy atom. The van der Waals surface area contributed by atoms with E-state index in [4.69, 9.17) is 0 Å². The summed E-state index contributed by atoms with van der Waals surface area (Å²) >= 11 is 3.44. The summed E-state index contributed by atoms with van der Waals surface area (Å²) in [5, 5.41) is 4.23. The summed E-state index contributed by atoms with van der Waals surface area (Å²) < 4.78 is 15.0. The van der Waals surface area contributed by atoms with Gasteiger partial charge in [0.2, 0.25) is 0 Å². The average Bonchev–Trinajstić information content (AvgIpc) is 2.50. The average molecular weight is 345 g/mol. The van der Waals surface area contributed by atoms with Gasteiger partial charge < -0.3 is 5.32 Å². The molecule has 0 aliphatic rings. The maximum absolute atomic E-state index is 14.2. The Morgan fingerprint density at radius 2 is 2.00 bits per heavy atom. The van der Waals surface area contributed by atoms with E-state index in [-0.39, 0.29) is 11.9 Å². The first-order valence-corrected chi connectivity index (χ1v) is 7.46. The lowest BCUT2D eigenvalue weighted by Crippen LogP contribution is -2.19. The van der Waals surface area contributed by atoms with Crippen molar-refractivity contribution in [2.24, 2.45) is 0 Å². The second-order valence-corrected chi connectivity index (χ2v) is 5.67. The highest BCUT2D eigenvalue weighted by molar-refractivity contribution is 9.10. The molecule has 0 aliphatic heterocycles. The fourth-order valence-electron chi connectivity index (χ4n) is 2.54. The van der Waals surface area contributed by atoms with E-state index >= 15 is 0 Å². The van der Waals surface area contributed by atoms with Crippen molar-refractivity contribution in [1.82, 2.24) is 10.3 Å². The van der Waals surface area contributed by atoms with Crippen LogP contribution in [0.25, 0.3) is 10.9 Å². The minimum Gasteiger partial charge on any atom is -0.309 e.